The highest BCUT2D eigenvalue weighted by Crippen LogP contribution is 2.26. The van der Waals surface area contributed by atoms with Gasteiger partial charge in [-0.1, -0.05) is 6.07 Å². The number of ether oxygens (including phenoxy) is 2. The van der Waals surface area contributed by atoms with Gasteiger partial charge in [-0.15, -0.1) is 0 Å². The third-order valence-corrected chi connectivity index (χ3v) is 3.89. The molecule has 25 heavy (non-hydrogen) atoms. The van der Waals surface area contributed by atoms with Gasteiger partial charge in [0.15, 0.2) is 0 Å². The molecule has 0 aliphatic rings. The fourth-order valence-electron chi connectivity index (χ4n) is 2.05. The minimum atomic E-state index is -0.384. The zero-order valence-corrected chi connectivity index (χ0v) is 15.5. The van der Waals surface area contributed by atoms with Gasteiger partial charge in [0, 0.05) is 11.8 Å². The van der Waals surface area contributed by atoms with Gasteiger partial charge in [-0.3, -0.25) is 4.79 Å². The van der Waals surface area contributed by atoms with Gasteiger partial charge in [-0.2, -0.15) is 0 Å². The maximum atomic E-state index is 12.0. The van der Waals surface area contributed by atoms with Crippen LogP contribution in [0.25, 0.3) is 6.08 Å². The Morgan fingerprint density at radius 1 is 1.16 bits per heavy atom. The molecule has 0 saturated heterocycles. The Bertz CT molecular complexity index is 785. The lowest BCUT2D eigenvalue weighted by Crippen LogP contribution is -2.08. The zero-order chi connectivity index (χ0) is 18.2. The Labute approximate surface area is 154 Å². The average molecular weight is 404 g/mol. The van der Waals surface area contributed by atoms with Gasteiger partial charge in [-0.25, -0.2) is 4.79 Å². The number of carbonyl (C=O) groups is 2. The van der Waals surface area contributed by atoms with Crippen LogP contribution in [0.5, 0.6) is 5.75 Å². The molecule has 0 bridgehead atoms. The van der Waals surface area contributed by atoms with E-state index in [0.717, 1.165) is 15.8 Å². The van der Waals surface area contributed by atoms with Crippen LogP contribution in [0.4, 0.5) is 5.69 Å². The molecule has 1 N–H and O–H groups in total. The van der Waals surface area contributed by atoms with E-state index in [9.17, 15) is 9.59 Å². The Balaban J connectivity index is 1.97. The van der Waals surface area contributed by atoms with E-state index in [1.165, 1.54) is 6.08 Å². The first-order valence-corrected chi connectivity index (χ1v) is 8.42. The number of hydrogen-bond donors (Lipinski definition) is 1. The van der Waals surface area contributed by atoms with Crippen molar-refractivity contribution >= 4 is 39.6 Å². The minimum absolute atomic E-state index is 0.268. The lowest BCUT2D eigenvalue weighted by molar-refractivity contribution is -0.111. The molecule has 0 heterocycles. The molecule has 0 saturated carbocycles. The van der Waals surface area contributed by atoms with Crippen LogP contribution < -0.4 is 10.1 Å². The molecule has 6 heteroatoms. The first kappa shape index (κ1) is 18.7. The molecule has 0 aliphatic heterocycles. The summed E-state index contributed by atoms with van der Waals surface area (Å²) in [5.41, 5.74) is 1.90. The summed E-state index contributed by atoms with van der Waals surface area (Å²) in [6.07, 6.45) is 3.14. The van der Waals surface area contributed by atoms with Crippen LogP contribution in [0.2, 0.25) is 0 Å². The molecule has 130 valence electrons. The summed E-state index contributed by atoms with van der Waals surface area (Å²) in [4.78, 5) is 23.6. The molecule has 0 fully saturated rings. The van der Waals surface area contributed by atoms with Crippen molar-refractivity contribution in [1.29, 1.82) is 0 Å². The highest BCUT2D eigenvalue weighted by atomic mass is 79.9. The van der Waals surface area contributed by atoms with E-state index < -0.39 is 0 Å². The van der Waals surface area contributed by atoms with Crippen molar-refractivity contribution in [2.45, 2.75) is 6.92 Å². The fraction of sp³-hybridized carbons (Fsp3) is 0.158. The first-order valence-electron chi connectivity index (χ1n) is 7.63. The Hall–Kier alpha value is -2.60. The molecule has 0 atom stereocenters. The standard InChI is InChI=1S/C19H18BrNO4/c1-3-25-19(23)14-6-8-15(9-7-14)21-18(22)11-5-13-4-10-17(24-2)16(20)12-13/h4-12H,3H2,1-2H3,(H,21,22)/b11-5+. The topological polar surface area (TPSA) is 64.6 Å². The van der Waals surface area contributed by atoms with Crippen LogP contribution in [-0.2, 0) is 9.53 Å². The van der Waals surface area contributed by atoms with Gasteiger partial charge in [0.05, 0.1) is 23.8 Å². The van der Waals surface area contributed by atoms with Gasteiger partial charge in [0.25, 0.3) is 0 Å². The van der Waals surface area contributed by atoms with E-state index in [2.05, 4.69) is 21.2 Å². The number of carbonyl (C=O) groups excluding carboxylic acids is 2. The van der Waals surface area contributed by atoms with Crippen LogP contribution in [0, 0.1) is 0 Å². The number of amides is 1. The largest absolute Gasteiger partial charge is 0.496 e. The smallest absolute Gasteiger partial charge is 0.338 e. The summed E-state index contributed by atoms with van der Waals surface area (Å²) < 4.78 is 10.9. The predicted molar refractivity (Wildman–Crippen MR) is 101 cm³/mol. The second-order valence-corrected chi connectivity index (χ2v) is 5.87. The highest BCUT2D eigenvalue weighted by molar-refractivity contribution is 9.10. The molecule has 1 amide bonds. The second kappa shape index (κ2) is 9.03. The van der Waals surface area contributed by atoms with Crippen LogP contribution in [0.15, 0.2) is 53.0 Å². The number of anilines is 1. The minimum Gasteiger partial charge on any atom is -0.496 e. The van der Waals surface area contributed by atoms with E-state index in [-0.39, 0.29) is 11.9 Å². The molecule has 0 spiro atoms. The lowest BCUT2D eigenvalue weighted by atomic mass is 10.2. The number of nitrogens with one attached hydrogen (secondary N) is 1. The molecule has 0 radical (unpaired) electrons. The summed E-state index contributed by atoms with van der Waals surface area (Å²) in [7, 11) is 1.59. The third-order valence-electron chi connectivity index (χ3n) is 3.27. The van der Waals surface area contributed by atoms with Crippen molar-refractivity contribution in [2.75, 3.05) is 19.0 Å². The van der Waals surface area contributed by atoms with Gasteiger partial charge in [-0.05, 0) is 70.9 Å². The van der Waals surface area contributed by atoms with Crippen molar-refractivity contribution in [3.63, 3.8) is 0 Å². The van der Waals surface area contributed by atoms with Crippen molar-refractivity contribution in [2.24, 2.45) is 0 Å². The number of benzene rings is 2. The average Bonchev–Trinajstić information content (AvgIpc) is 2.61. The van der Waals surface area contributed by atoms with E-state index in [4.69, 9.17) is 9.47 Å². The summed E-state index contributed by atoms with van der Waals surface area (Å²) in [6, 6.07) is 12.0. The van der Waals surface area contributed by atoms with Crippen molar-refractivity contribution in [3.05, 3.63) is 64.1 Å². The summed E-state index contributed by atoms with van der Waals surface area (Å²) in [5.74, 6) is 0.0736. The number of halogens is 1. The Morgan fingerprint density at radius 3 is 2.48 bits per heavy atom. The van der Waals surface area contributed by atoms with Crippen LogP contribution in [0.3, 0.4) is 0 Å². The SMILES string of the molecule is CCOC(=O)c1ccc(NC(=O)/C=C/c2ccc(OC)c(Br)c2)cc1. The maximum Gasteiger partial charge on any atom is 0.338 e. The molecule has 0 aliphatic carbocycles. The Morgan fingerprint density at radius 2 is 1.88 bits per heavy atom. The zero-order valence-electron chi connectivity index (χ0n) is 13.9. The number of hydrogen-bond acceptors (Lipinski definition) is 4. The van der Waals surface area contributed by atoms with Crippen LogP contribution in [-0.4, -0.2) is 25.6 Å². The molecule has 2 rings (SSSR count). The number of esters is 1. The van der Waals surface area contributed by atoms with E-state index >= 15 is 0 Å². The molecule has 0 aromatic heterocycles. The molecular weight excluding hydrogens is 386 g/mol. The quantitative estimate of drug-likeness (QED) is 0.577. The van der Waals surface area contributed by atoms with E-state index in [0.29, 0.717) is 17.9 Å². The molecule has 0 unspecified atom stereocenters. The number of rotatable bonds is 6. The maximum absolute atomic E-state index is 12.0. The van der Waals surface area contributed by atoms with Gasteiger partial charge in [0.1, 0.15) is 5.75 Å². The highest BCUT2D eigenvalue weighted by Gasteiger charge is 2.06. The van der Waals surface area contributed by atoms with Crippen LogP contribution >= 0.6 is 15.9 Å². The normalized spacial score (nSPS) is 10.5. The van der Waals surface area contributed by atoms with Gasteiger partial charge >= 0.3 is 5.97 Å². The van der Waals surface area contributed by atoms with Gasteiger partial charge < -0.3 is 14.8 Å². The van der Waals surface area contributed by atoms with Crippen molar-refractivity contribution in [1.82, 2.24) is 0 Å². The molecule has 2 aromatic rings. The Kier molecular flexibility index (Phi) is 6.77. The summed E-state index contributed by atoms with van der Waals surface area (Å²) in [6.45, 7) is 2.07. The molecule has 5 nitrogen and oxygen atoms in total. The molecule has 2 aromatic carbocycles. The van der Waals surface area contributed by atoms with Crippen molar-refractivity contribution in [3.8, 4) is 5.75 Å². The third kappa shape index (κ3) is 5.46. The van der Waals surface area contributed by atoms with Gasteiger partial charge in [0.2, 0.25) is 5.91 Å². The van der Waals surface area contributed by atoms with Crippen molar-refractivity contribution < 1.29 is 19.1 Å². The summed E-state index contributed by atoms with van der Waals surface area (Å²) in [5, 5.41) is 2.73. The van der Waals surface area contributed by atoms with Crippen LogP contribution in [0.1, 0.15) is 22.8 Å². The molecular formula is C19H18BrNO4. The fourth-order valence-corrected chi connectivity index (χ4v) is 2.60. The van der Waals surface area contributed by atoms with E-state index in [1.807, 2.05) is 18.2 Å². The lowest BCUT2D eigenvalue weighted by Gasteiger charge is -2.05. The summed E-state index contributed by atoms with van der Waals surface area (Å²) >= 11 is 3.40. The van der Waals surface area contributed by atoms with E-state index in [1.54, 1.807) is 44.4 Å². The second-order valence-electron chi connectivity index (χ2n) is 5.01. The number of methoxy groups -OCH3 is 1. The first-order chi connectivity index (χ1) is 12.0. The predicted octanol–water partition coefficient (Wildman–Crippen LogP) is 4.29. The monoisotopic (exact) mass is 403 g/mol.